The molecule has 0 aromatic heterocycles. The van der Waals surface area contributed by atoms with Crippen LogP contribution in [-0.4, -0.2) is 32.1 Å². The molecule has 20 heavy (non-hydrogen) atoms. The zero-order chi connectivity index (χ0) is 14.4. The molecule has 5 heteroatoms. The monoisotopic (exact) mass is 285 g/mol. The van der Waals surface area contributed by atoms with Crippen LogP contribution >= 0.6 is 0 Å². The first-order chi connectivity index (χ1) is 9.69. The van der Waals surface area contributed by atoms with E-state index in [1.54, 1.807) is 6.07 Å². The van der Waals surface area contributed by atoms with E-state index in [1.165, 1.54) is 12.1 Å². The third kappa shape index (κ3) is 4.51. The van der Waals surface area contributed by atoms with Crippen molar-refractivity contribution in [1.82, 2.24) is 5.32 Å². The molecule has 2 rings (SSSR count). The van der Waals surface area contributed by atoms with E-state index in [2.05, 4.69) is 12.2 Å². The molecule has 1 aromatic rings. The molecule has 1 unspecified atom stereocenters. The minimum absolute atomic E-state index is 0.128. The molecule has 1 aliphatic heterocycles. The van der Waals surface area contributed by atoms with Gasteiger partial charge in [-0.2, -0.15) is 0 Å². The van der Waals surface area contributed by atoms with Crippen LogP contribution in [0.5, 0.6) is 0 Å². The highest BCUT2D eigenvalue weighted by molar-refractivity contribution is 5.18. The van der Waals surface area contributed by atoms with Crippen LogP contribution in [0.3, 0.4) is 0 Å². The minimum atomic E-state index is -0.811. The summed E-state index contributed by atoms with van der Waals surface area (Å²) in [4.78, 5) is 0. The van der Waals surface area contributed by atoms with Crippen LogP contribution in [0.1, 0.15) is 25.3 Å². The molecule has 0 amide bonds. The minimum Gasteiger partial charge on any atom is -0.350 e. The lowest BCUT2D eigenvalue weighted by Crippen LogP contribution is -2.35. The molecule has 1 N–H and O–H groups in total. The number of nitrogens with one attached hydrogen (secondary N) is 1. The zero-order valence-electron chi connectivity index (χ0n) is 11.7. The van der Waals surface area contributed by atoms with Gasteiger partial charge in [0, 0.05) is 12.5 Å². The first-order valence-electron chi connectivity index (χ1n) is 7.09. The lowest BCUT2D eigenvalue weighted by atomic mass is 10.0. The lowest BCUT2D eigenvalue weighted by molar-refractivity contribution is -0.0526. The second-order valence-corrected chi connectivity index (χ2v) is 5.01. The molecule has 112 valence electrons. The Kier molecular flexibility index (Phi) is 5.88. The maximum atomic E-state index is 13.2. The fourth-order valence-corrected chi connectivity index (χ4v) is 2.31. The molecule has 1 saturated heterocycles. The van der Waals surface area contributed by atoms with Gasteiger partial charge in [-0.1, -0.05) is 13.0 Å². The molecule has 1 fully saturated rings. The summed E-state index contributed by atoms with van der Waals surface area (Å²) >= 11 is 0. The van der Waals surface area contributed by atoms with Gasteiger partial charge in [0.2, 0.25) is 0 Å². The van der Waals surface area contributed by atoms with Crippen LogP contribution in [0.4, 0.5) is 8.78 Å². The summed E-state index contributed by atoms with van der Waals surface area (Å²) in [6.07, 6.45) is 2.15. The zero-order valence-corrected chi connectivity index (χ0v) is 11.7. The SMILES string of the molecule is CCCNC(Cc1ccc(F)c(F)c1)CC1OCCO1. The smallest absolute Gasteiger partial charge is 0.159 e. The Bertz CT molecular complexity index is 422. The van der Waals surface area contributed by atoms with Crippen molar-refractivity contribution in [1.29, 1.82) is 0 Å². The van der Waals surface area contributed by atoms with Crippen molar-refractivity contribution in [3.8, 4) is 0 Å². The highest BCUT2D eigenvalue weighted by atomic mass is 19.2. The molecule has 0 radical (unpaired) electrons. The molecule has 1 heterocycles. The fraction of sp³-hybridized carbons (Fsp3) is 0.600. The van der Waals surface area contributed by atoms with Gasteiger partial charge in [0.15, 0.2) is 17.9 Å². The molecule has 0 spiro atoms. The fourth-order valence-electron chi connectivity index (χ4n) is 2.31. The Morgan fingerprint density at radius 2 is 2.00 bits per heavy atom. The van der Waals surface area contributed by atoms with E-state index in [9.17, 15) is 8.78 Å². The van der Waals surface area contributed by atoms with E-state index in [0.717, 1.165) is 18.5 Å². The Balaban J connectivity index is 1.95. The summed E-state index contributed by atoms with van der Waals surface area (Å²) in [5.41, 5.74) is 0.774. The van der Waals surface area contributed by atoms with Gasteiger partial charge in [-0.05, 0) is 37.1 Å². The van der Waals surface area contributed by atoms with Gasteiger partial charge in [-0.15, -0.1) is 0 Å². The van der Waals surface area contributed by atoms with E-state index >= 15 is 0 Å². The van der Waals surface area contributed by atoms with E-state index in [0.29, 0.717) is 26.1 Å². The molecule has 1 atom stereocenters. The topological polar surface area (TPSA) is 30.5 Å². The number of halogens is 2. The molecule has 0 aliphatic carbocycles. The maximum Gasteiger partial charge on any atom is 0.159 e. The van der Waals surface area contributed by atoms with Gasteiger partial charge >= 0.3 is 0 Å². The van der Waals surface area contributed by atoms with Crippen LogP contribution in [0.2, 0.25) is 0 Å². The summed E-state index contributed by atoms with van der Waals surface area (Å²) in [7, 11) is 0. The van der Waals surface area contributed by atoms with Crippen LogP contribution in [-0.2, 0) is 15.9 Å². The number of benzene rings is 1. The molecule has 0 saturated carbocycles. The largest absolute Gasteiger partial charge is 0.350 e. The average molecular weight is 285 g/mol. The average Bonchev–Trinajstić information content (AvgIpc) is 2.93. The van der Waals surface area contributed by atoms with Crippen LogP contribution in [0, 0.1) is 11.6 Å². The standard InChI is InChI=1S/C15H21F2NO2/c1-2-5-18-12(10-15-19-6-7-20-15)8-11-3-4-13(16)14(17)9-11/h3-4,9,12,15,18H,2,5-8,10H2,1H3. The van der Waals surface area contributed by atoms with Crippen molar-refractivity contribution in [2.45, 2.75) is 38.5 Å². The van der Waals surface area contributed by atoms with Crippen molar-refractivity contribution >= 4 is 0 Å². The second kappa shape index (κ2) is 7.67. The van der Waals surface area contributed by atoms with Crippen molar-refractivity contribution in [3.63, 3.8) is 0 Å². The third-order valence-electron chi connectivity index (χ3n) is 3.32. The van der Waals surface area contributed by atoms with Gasteiger partial charge in [-0.3, -0.25) is 0 Å². The first kappa shape index (κ1) is 15.4. The summed E-state index contributed by atoms with van der Waals surface area (Å²) in [6, 6.07) is 4.18. The van der Waals surface area contributed by atoms with Gasteiger partial charge in [-0.25, -0.2) is 8.78 Å². The van der Waals surface area contributed by atoms with E-state index < -0.39 is 11.6 Å². The highest BCUT2D eigenvalue weighted by Crippen LogP contribution is 2.16. The second-order valence-electron chi connectivity index (χ2n) is 5.01. The molecular weight excluding hydrogens is 264 g/mol. The van der Waals surface area contributed by atoms with Crippen LogP contribution in [0.25, 0.3) is 0 Å². The third-order valence-corrected chi connectivity index (χ3v) is 3.32. The van der Waals surface area contributed by atoms with Crippen LogP contribution in [0.15, 0.2) is 18.2 Å². The summed E-state index contributed by atoms with van der Waals surface area (Å²) in [5.74, 6) is -1.61. The molecule has 0 bridgehead atoms. The van der Waals surface area contributed by atoms with Gasteiger partial charge in [0.1, 0.15) is 0 Å². The number of hydrogen-bond donors (Lipinski definition) is 1. The predicted octanol–water partition coefficient (Wildman–Crippen LogP) is 2.64. The van der Waals surface area contributed by atoms with E-state index in [4.69, 9.17) is 9.47 Å². The van der Waals surface area contributed by atoms with Crippen molar-refractivity contribution in [3.05, 3.63) is 35.4 Å². The van der Waals surface area contributed by atoms with Crippen molar-refractivity contribution in [2.75, 3.05) is 19.8 Å². The maximum absolute atomic E-state index is 13.2. The Morgan fingerprint density at radius 3 is 2.65 bits per heavy atom. The number of hydrogen-bond acceptors (Lipinski definition) is 3. The van der Waals surface area contributed by atoms with Crippen molar-refractivity contribution < 1.29 is 18.3 Å². The van der Waals surface area contributed by atoms with Gasteiger partial charge in [0.25, 0.3) is 0 Å². The van der Waals surface area contributed by atoms with E-state index in [1.807, 2.05) is 0 Å². The summed E-state index contributed by atoms with van der Waals surface area (Å²) in [5, 5.41) is 3.40. The molecular formula is C15H21F2NO2. The predicted molar refractivity (Wildman–Crippen MR) is 72.5 cm³/mol. The summed E-state index contributed by atoms with van der Waals surface area (Å²) in [6.45, 7) is 4.21. The summed E-state index contributed by atoms with van der Waals surface area (Å²) < 4.78 is 37.1. The number of ether oxygens (including phenoxy) is 2. The normalized spacial score (nSPS) is 17.6. The van der Waals surface area contributed by atoms with Crippen LogP contribution < -0.4 is 5.32 Å². The Hall–Kier alpha value is -1.04. The van der Waals surface area contributed by atoms with Gasteiger partial charge < -0.3 is 14.8 Å². The van der Waals surface area contributed by atoms with Gasteiger partial charge in [0.05, 0.1) is 13.2 Å². The van der Waals surface area contributed by atoms with E-state index in [-0.39, 0.29) is 12.3 Å². The highest BCUT2D eigenvalue weighted by Gasteiger charge is 2.21. The van der Waals surface area contributed by atoms with Crippen molar-refractivity contribution in [2.24, 2.45) is 0 Å². The molecule has 1 aromatic carbocycles. The number of rotatable bonds is 7. The quantitative estimate of drug-likeness (QED) is 0.835. The lowest BCUT2D eigenvalue weighted by Gasteiger charge is -2.21. The molecule has 1 aliphatic rings. The Labute approximate surface area is 118 Å². The first-order valence-corrected chi connectivity index (χ1v) is 7.09. The Morgan fingerprint density at radius 1 is 1.25 bits per heavy atom. The molecule has 3 nitrogen and oxygen atoms in total.